The summed E-state index contributed by atoms with van der Waals surface area (Å²) >= 11 is 0. The highest BCUT2D eigenvalue weighted by atomic mass is 15.1. The number of imidazole rings is 1. The highest BCUT2D eigenvalue weighted by molar-refractivity contribution is 4.83. The Kier molecular flexibility index (Phi) is 16.5. The molecule has 1 heterocycles. The SMILES string of the molecule is CCCCCCCCCCCCC[n+]1ccn(CCCCCCCC)c1CC. The second-order valence-corrected chi connectivity index (χ2v) is 8.76. The fourth-order valence-corrected chi connectivity index (χ4v) is 4.32. The molecular formula is C26H51N2+. The van der Waals surface area contributed by atoms with Gasteiger partial charge < -0.3 is 0 Å². The van der Waals surface area contributed by atoms with E-state index in [2.05, 4.69) is 42.3 Å². The molecule has 2 heteroatoms. The lowest BCUT2D eigenvalue weighted by Crippen LogP contribution is -2.37. The van der Waals surface area contributed by atoms with E-state index in [1.807, 2.05) is 0 Å². The molecule has 2 nitrogen and oxygen atoms in total. The average Bonchev–Trinajstić information content (AvgIpc) is 3.10. The Morgan fingerprint density at radius 1 is 0.607 bits per heavy atom. The van der Waals surface area contributed by atoms with Gasteiger partial charge in [0.05, 0.1) is 13.1 Å². The average molecular weight is 392 g/mol. The molecule has 0 saturated heterocycles. The van der Waals surface area contributed by atoms with Gasteiger partial charge >= 0.3 is 0 Å². The number of aryl methyl sites for hydroxylation is 2. The molecule has 164 valence electrons. The fraction of sp³-hybridized carbons (Fsp3) is 0.885. The standard InChI is InChI=1S/C26H51N2/c1-4-7-9-11-13-14-15-16-17-19-21-23-28-25-24-27(26(28)6-3)22-20-18-12-10-8-5-2/h24-25H,4-23H2,1-3H3/q+1. The van der Waals surface area contributed by atoms with Crippen molar-refractivity contribution >= 4 is 0 Å². The minimum atomic E-state index is 1.15. The zero-order chi connectivity index (χ0) is 20.3. The van der Waals surface area contributed by atoms with Gasteiger partial charge in [-0.2, -0.15) is 0 Å². The molecule has 0 N–H and O–H groups in total. The summed E-state index contributed by atoms with van der Waals surface area (Å²) in [5, 5.41) is 0. The van der Waals surface area contributed by atoms with Gasteiger partial charge in [0.2, 0.25) is 0 Å². The molecular weight excluding hydrogens is 340 g/mol. The van der Waals surface area contributed by atoms with Crippen molar-refractivity contribution in [2.45, 2.75) is 149 Å². The van der Waals surface area contributed by atoms with Crippen LogP contribution in [-0.2, 0) is 19.5 Å². The molecule has 0 atom stereocenters. The Bertz CT molecular complexity index is 449. The van der Waals surface area contributed by atoms with Crippen molar-refractivity contribution in [3.05, 3.63) is 18.2 Å². The molecule has 0 unspecified atom stereocenters. The number of hydrogen-bond donors (Lipinski definition) is 0. The van der Waals surface area contributed by atoms with E-state index in [1.54, 1.807) is 0 Å². The Morgan fingerprint density at radius 3 is 1.57 bits per heavy atom. The van der Waals surface area contributed by atoms with Crippen molar-refractivity contribution in [1.29, 1.82) is 0 Å². The van der Waals surface area contributed by atoms with Gasteiger partial charge in [0.15, 0.2) is 0 Å². The first-order valence-corrected chi connectivity index (χ1v) is 12.9. The maximum absolute atomic E-state index is 2.52. The van der Waals surface area contributed by atoms with Gasteiger partial charge in [-0.1, -0.05) is 104 Å². The molecule has 1 rings (SSSR count). The summed E-state index contributed by atoms with van der Waals surface area (Å²) in [6.07, 6.45) is 29.8. The smallest absolute Gasteiger partial charge is 0.234 e. The normalized spacial score (nSPS) is 11.4. The molecule has 0 radical (unpaired) electrons. The number of rotatable bonds is 20. The highest BCUT2D eigenvalue weighted by Gasteiger charge is 2.14. The summed E-state index contributed by atoms with van der Waals surface area (Å²) in [5.41, 5.74) is 0. The molecule has 0 aliphatic rings. The molecule has 1 aromatic heterocycles. The second-order valence-electron chi connectivity index (χ2n) is 8.76. The predicted molar refractivity (Wildman–Crippen MR) is 124 cm³/mol. The molecule has 28 heavy (non-hydrogen) atoms. The molecule has 0 amide bonds. The first kappa shape index (κ1) is 25.2. The van der Waals surface area contributed by atoms with E-state index in [0.717, 1.165) is 6.42 Å². The maximum atomic E-state index is 2.52. The summed E-state index contributed by atoms with van der Waals surface area (Å²) in [6.45, 7) is 9.32. The van der Waals surface area contributed by atoms with Crippen LogP contribution in [0, 0.1) is 0 Å². The Hall–Kier alpha value is -0.790. The van der Waals surface area contributed by atoms with Gasteiger partial charge in [0, 0.05) is 6.42 Å². The summed E-state index contributed by atoms with van der Waals surface area (Å²) in [6, 6.07) is 0. The number of aromatic nitrogens is 2. The van der Waals surface area contributed by atoms with Crippen LogP contribution in [0.4, 0.5) is 0 Å². The van der Waals surface area contributed by atoms with Crippen LogP contribution in [0.3, 0.4) is 0 Å². The first-order valence-electron chi connectivity index (χ1n) is 12.9. The lowest BCUT2D eigenvalue weighted by atomic mass is 10.1. The predicted octanol–water partition coefficient (Wildman–Crippen LogP) is 8.01. The van der Waals surface area contributed by atoms with Crippen LogP contribution >= 0.6 is 0 Å². The monoisotopic (exact) mass is 391 g/mol. The molecule has 0 aliphatic carbocycles. The van der Waals surface area contributed by atoms with Crippen molar-refractivity contribution in [1.82, 2.24) is 4.57 Å². The minimum absolute atomic E-state index is 1.15. The number of nitrogens with zero attached hydrogens (tertiary/aromatic N) is 2. The molecule has 0 aromatic carbocycles. The van der Waals surface area contributed by atoms with Crippen LogP contribution in [-0.4, -0.2) is 4.57 Å². The first-order chi connectivity index (χ1) is 13.8. The molecule has 1 aromatic rings. The third-order valence-corrected chi connectivity index (χ3v) is 6.16. The molecule has 0 saturated carbocycles. The maximum Gasteiger partial charge on any atom is 0.256 e. The van der Waals surface area contributed by atoms with Gasteiger partial charge in [0.25, 0.3) is 5.82 Å². The molecule has 0 fully saturated rings. The van der Waals surface area contributed by atoms with Gasteiger partial charge in [-0.25, -0.2) is 9.13 Å². The van der Waals surface area contributed by atoms with Crippen molar-refractivity contribution in [3.63, 3.8) is 0 Å². The van der Waals surface area contributed by atoms with Crippen LogP contribution in [0.15, 0.2) is 12.4 Å². The highest BCUT2D eigenvalue weighted by Crippen LogP contribution is 2.12. The zero-order valence-electron chi connectivity index (χ0n) is 19.7. The van der Waals surface area contributed by atoms with Gasteiger partial charge in [-0.3, -0.25) is 0 Å². The lowest BCUT2D eigenvalue weighted by molar-refractivity contribution is -0.704. The van der Waals surface area contributed by atoms with E-state index in [0.29, 0.717) is 0 Å². The van der Waals surface area contributed by atoms with Crippen LogP contribution in [0.1, 0.15) is 136 Å². The van der Waals surface area contributed by atoms with Crippen LogP contribution in [0.5, 0.6) is 0 Å². The quantitative estimate of drug-likeness (QED) is 0.157. The van der Waals surface area contributed by atoms with Crippen LogP contribution in [0.25, 0.3) is 0 Å². The second kappa shape index (κ2) is 18.3. The van der Waals surface area contributed by atoms with Gasteiger partial charge in [-0.15, -0.1) is 0 Å². The topological polar surface area (TPSA) is 8.81 Å². The zero-order valence-corrected chi connectivity index (χ0v) is 19.7. The Balaban J connectivity index is 2.08. The van der Waals surface area contributed by atoms with E-state index in [1.165, 1.54) is 128 Å². The van der Waals surface area contributed by atoms with Gasteiger partial charge in [0.1, 0.15) is 12.4 Å². The number of hydrogen-bond acceptors (Lipinski definition) is 0. The lowest BCUT2D eigenvalue weighted by Gasteiger charge is -2.05. The largest absolute Gasteiger partial charge is 0.256 e. The molecule has 0 spiro atoms. The van der Waals surface area contributed by atoms with Crippen LogP contribution < -0.4 is 4.57 Å². The minimum Gasteiger partial charge on any atom is -0.234 e. The van der Waals surface area contributed by atoms with E-state index in [9.17, 15) is 0 Å². The Labute approximate surface area is 177 Å². The fourth-order valence-electron chi connectivity index (χ4n) is 4.32. The number of unbranched alkanes of at least 4 members (excludes halogenated alkanes) is 15. The van der Waals surface area contributed by atoms with E-state index >= 15 is 0 Å². The third-order valence-electron chi connectivity index (χ3n) is 6.16. The van der Waals surface area contributed by atoms with Crippen molar-refractivity contribution in [2.75, 3.05) is 0 Å². The van der Waals surface area contributed by atoms with Crippen molar-refractivity contribution < 1.29 is 4.57 Å². The third kappa shape index (κ3) is 11.9. The summed E-state index contributed by atoms with van der Waals surface area (Å²) < 4.78 is 5.03. The van der Waals surface area contributed by atoms with Crippen molar-refractivity contribution in [2.24, 2.45) is 0 Å². The molecule has 0 bridgehead atoms. The van der Waals surface area contributed by atoms with Gasteiger partial charge in [-0.05, 0) is 25.7 Å². The van der Waals surface area contributed by atoms with Crippen molar-refractivity contribution in [3.8, 4) is 0 Å². The Morgan fingerprint density at radius 2 is 1.07 bits per heavy atom. The van der Waals surface area contributed by atoms with Crippen LogP contribution in [0.2, 0.25) is 0 Å². The van der Waals surface area contributed by atoms with E-state index in [4.69, 9.17) is 0 Å². The van der Waals surface area contributed by atoms with E-state index in [-0.39, 0.29) is 0 Å². The van der Waals surface area contributed by atoms with E-state index < -0.39 is 0 Å². The summed E-state index contributed by atoms with van der Waals surface area (Å²) in [5.74, 6) is 1.53. The molecule has 0 aliphatic heterocycles. The summed E-state index contributed by atoms with van der Waals surface area (Å²) in [4.78, 5) is 0. The summed E-state index contributed by atoms with van der Waals surface area (Å²) in [7, 11) is 0.